The van der Waals surface area contributed by atoms with Gasteiger partial charge in [0.25, 0.3) is 0 Å². The number of hydrogen-bond acceptors (Lipinski definition) is 7. The van der Waals surface area contributed by atoms with Gasteiger partial charge in [-0.3, -0.25) is 4.79 Å². The third-order valence-corrected chi connectivity index (χ3v) is 8.72. The average Bonchev–Trinajstić information content (AvgIpc) is 3.52. The zero-order valence-corrected chi connectivity index (χ0v) is 26.3. The SMILES string of the molecule is CC(C)C(=O)OC1CCCC1.CC(C)NS(=O)(=O)C1CC1.CC(C)n1nc(-c2ccccc2)c(-c2cccnc2F)n1. The molecule has 42 heavy (non-hydrogen) atoms. The highest BCUT2D eigenvalue weighted by Crippen LogP contribution is 2.30. The minimum absolute atomic E-state index is 0.0237. The Labute approximate surface area is 249 Å². The molecule has 0 spiro atoms. The maximum Gasteiger partial charge on any atom is 0.308 e. The van der Waals surface area contributed by atoms with E-state index in [2.05, 4.69) is 19.9 Å². The van der Waals surface area contributed by atoms with E-state index >= 15 is 0 Å². The normalized spacial score (nSPS) is 15.3. The molecule has 2 aliphatic carbocycles. The highest BCUT2D eigenvalue weighted by Gasteiger charge is 2.35. The number of sulfonamides is 1. The van der Waals surface area contributed by atoms with Gasteiger partial charge < -0.3 is 4.74 Å². The van der Waals surface area contributed by atoms with E-state index in [1.54, 1.807) is 16.9 Å². The van der Waals surface area contributed by atoms with Crippen LogP contribution in [0.5, 0.6) is 0 Å². The molecule has 2 saturated carbocycles. The first-order valence-electron chi connectivity index (χ1n) is 14.7. The molecule has 2 aromatic heterocycles. The zero-order chi connectivity index (χ0) is 30.9. The molecule has 2 fully saturated rings. The topological polar surface area (TPSA) is 116 Å². The summed E-state index contributed by atoms with van der Waals surface area (Å²) in [5.74, 6) is -0.557. The molecule has 0 bridgehead atoms. The molecule has 9 nitrogen and oxygen atoms in total. The highest BCUT2D eigenvalue weighted by molar-refractivity contribution is 7.90. The molecule has 3 aromatic rings. The molecule has 0 saturated heterocycles. The molecule has 0 atom stereocenters. The van der Waals surface area contributed by atoms with Crippen LogP contribution in [0.4, 0.5) is 4.39 Å². The Morgan fingerprint density at radius 3 is 2.07 bits per heavy atom. The quantitative estimate of drug-likeness (QED) is 0.237. The van der Waals surface area contributed by atoms with E-state index in [9.17, 15) is 17.6 Å². The van der Waals surface area contributed by atoms with Crippen LogP contribution in [0.25, 0.3) is 22.5 Å². The number of ether oxygens (including phenoxy) is 1. The Balaban J connectivity index is 0.000000194. The van der Waals surface area contributed by atoms with Gasteiger partial charge in [-0.15, -0.1) is 0 Å². The third-order valence-electron chi connectivity index (χ3n) is 6.57. The van der Waals surface area contributed by atoms with Gasteiger partial charge in [-0.2, -0.15) is 19.4 Å². The van der Waals surface area contributed by atoms with Crippen LogP contribution in [0.1, 0.15) is 86.1 Å². The number of esters is 1. The van der Waals surface area contributed by atoms with Crippen LogP contribution in [0.3, 0.4) is 0 Å². The lowest BCUT2D eigenvalue weighted by molar-refractivity contribution is -0.152. The lowest BCUT2D eigenvalue weighted by Crippen LogP contribution is -2.32. The Kier molecular flexibility index (Phi) is 12.2. The van der Waals surface area contributed by atoms with Crippen LogP contribution in [-0.4, -0.2) is 51.8 Å². The summed E-state index contributed by atoms with van der Waals surface area (Å²) in [5.41, 5.74) is 2.45. The highest BCUT2D eigenvalue weighted by atomic mass is 32.2. The first-order valence-corrected chi connectivity index (χ1v) is 16.3. The number of nitrogens with one attached hydrogen (secondary N) is 1. The smallest absolute Gasteiger partial charge is 0.308 e. The van der Waals surface area contributed by atoms with E-state index in [0.717, 1.165) is 31.2 Å². The second kappa shape index (κ2) is 15.3. The third kappa shape index (κ3) is 9.97. The van der Waals surface area contributed by atoms with Gasteiger partial charge in [0.1, 0.15) is 17.5 Å². The van der Waals surface area contributed by atoms with Crippen molar-refractivity contribution in [3.63, 3.8) is 0 Å². The molecule has 0 radical (unpaired) electrons. The number of rotatable bonds is 8. The van der Waals surface area contributed by atoms with E-state index in [1.807, 2.05) is 71.9 Å². The largest absolute Gasteiger partial charge is 0.462 e. The number of hydrogen-bond donors (Lipinski definition) is 1. The van der Waals surface area contributed by atoms with Crippen LogP contribution in [0.2, 0.25) is 0 Å². The summed E-state index contributed by atoms with van der Waals surface area (Å²) >= 11 is 0. The maximum atomic E-state index is 14.0. The van der Waals surface area contributed by atoms with Crippen molar-refractivity contribution in [2.24, 2.45) is 5.92 Å². The first-order chi connectivity index (χ1) is 19.9. The number of carbonyl (C=O) groups is 1. The molecule has 0 unspecified atom stereocenters. The number of halogens is 1. The van der Waals surface area contributed by atoms with Gasteiger partial charge in [0.2, 0.25) is 16.0 Å². The summed E-state index contributed by atoms with van der Waals surface area (Å²) in [5, 5.41) is 8.86. The lowest BCUT2D eigenvalue weighted by atomic mass is 10.1. The molecular weight excluding hydrogens is 557 g/mol. The van der Waals surface area contributed by atoms with Crippen molar-refractivity contribution in [1.82, 2.24) is 24.7 Å². The molecule has 1 N–H and O–H groups in total. The average molecular weight is 602 g/mol. The van der Waals surface area contributed by atoms with Crippen molar-refractivity contribution in [2.75, 3.05) is 0 Å². The van der Waals surface area contributed by atoms with E-state index in [4.69, 9.17) is 4.74 Å². The molecule has 2 aliphatic rings. The van der Waals surface area contributed by atoms with Crippen molar-refractivity contribution in [3.05, 3.63) is 54.6 Å². The number of nitrogens with zero attached hydrogens (tertiary/aromatic N) is 4. The van der Waals surface area contributed by atoms with Crippen LogP contribution in [0, 0.1) is 11.9 Å². The molecular formula is C31H44FN5O4S. The Hall–Kier alpha value is -3.18. The molecule has 2 heterocycles. The minimum atomic E-state index is -2.94. The van der Waals surface area contributed by atoms with Gasteiger partial charge >= 0.3 is 5.97 Å². The van der Waals surface area contributed by atoms with Crippen molar-refractivity contribution in [1.29, 1.82) is 0 Å². The van der Waals surface area contributed by atoms with Gasteiger partial charge in [-0.05, 0) is 78.4 Å². The number of aromatic nitrogens is 4. The second-order valence-electron chi connectivity index (χ2n) is 11.5. The van der Waals surface area contributed by atoms with Crippen molar-refractivity contribution in [2.45, 2.75) is 104 Å². The van der Waals surface area contributed by atoms with Crippen molar-refractivity contribution < 1.29 is 22.3 Å². The van der Waals surface area contributed by atoms with Gasteiger partial charge in [0.15, 0.2) is 0 Å². The fourth-order valence-corrected chi connectivity index (χ4v) is 5.80. The van der Waals surface area contributed by atoms with E-state index in [1.165, 1.54) is 19.0 Å². The van der Waals surface area contributed by atoms with Gasteiger partial charge in [0.05, 0.1) is 22.8 Å². The van der Waals surface area contributed by atoms with Crippen molar-refractivity contribution >= 4 is 16.0 Å². The van der Waals surface area contributed by atoms with Gasteiger partial charge in [0, 0.05) is 17.8 Å². The van der Waals surface area contributed by atoms with E-state index < -0.39 is 16.0 Å². The minimum Gasteiger partial charge on any atom is -0.462 e. The lowest BCUT2D eigenvalue weighted by Gasteiger charge is -2.12. The molecule has 0 amide bonds. The predicted octanol–water partition coefficient (Wildman–Crippen LogP) is 6.33. The van der Waals surface area contributed by atoms with Gasteiger partial charge in [-0.25, -0.2) is 18.1 Å². The summed E-state index contributed by atoms with van der Waals surface area (Å²) in [4.78, 5) is 16.4. The summed E-state index contributed by atoms with van der Waals surface area (Å²) < 4.78 is 44.0. The standard InChI is InChI=1S/C16H15FN4.C9H16O2.C6H13NO2S/c1-11(2)21-19-14(12-7-4-3-5-8-12)15(20-21)13-9-6-10-18-16(13)17;1-7(2)9(10)11-8-5-3-4-6-8;1-5(2)7-10(8,9)6-3-4-6/h3-11H,1-2H3;7-8H,3-6H2,1-2H3;5-7H,3-4H2,1-2H3. The van der Waals surface area contributed by atoms with Crippen LogP contribution >= 0.6 is 0 Å². The van der Waals surface area contributed by atoms with E-state index in [-0.39, 0.29) is 35.3 Å². The second-order valence-corrected chi connectivity index (χ2v) is 13.5. The number of pyridine rings is 1. The van der Waals surface area contributed by atoms with Crippen LogP contribution in [-0.2, 0) is 19.6 Å². The number of carbonyl (C=O) groups excluding carboxylic acids is 1. The Morgan fingerprint density at radius 1 is 0.929 bits per heavy atom. The molecule has 11 heteroatoms. The summed E-state index contributed by atoms with van der Waals surface area (Å²) in [6.07, 6.45) is 7.89. The fourth-order valence-electron chi connectivity index (χ4n) is 4.20. The summed E-state index contributed by atoms with van der Waals surface area (Å²) in [7, 11) is -2.94. The molecule has 0 aliphatic heterocycles. The summed E-state index contributed by atoms with van der Waals surface area (Å²) in [6, 6.07) is 13.1. The molecule has 5 rings (SSSR count). The molecule has 230 valence electrons. The van der Waals surface area contributed by atoms with Crippen molar-refractivity contribution in [3.8, 4) is 22.5 Å². The van der Waals surface area contributed by atoms with Crippen LogP contribution < -0.4 is 4.72 Å². The Bertz CT molecular complexity index is 1380. The first kappa shape index (κ1) is 33.3. The zero-order valence-electron chi connectivity index (χ0n) is 25.5. The summed E-state index contributed by atoms with van der Waals surface area (Å²) in [6.45, 7) is 11.4. The number of benzene rings is 1. The van der Waals surface area contributed by atoms with E-state index in [0.29, 0.717) is 17.0 Å². The molecule has 1 aromatic carbocycles. The Morgan fingerprint density at radius 2 is 1.55 bits per heavy atom. The predicted molar refractivity (Wildman–Crippen MR) is 162 cm³/mol. The maximum absolute atomic E-state index is 14.0. The van der Waals surface area contributed by atoms with Crippen LogP contribution in [0.15, 0.2) is 48.7 Å². The van der Waals surface area contributed by atoms with Gasteiger partial charge in [-0.1, -0.05) is 44.2 Å². The fraction of sp³-hybridized carbons (Fsp3) is 0.548. The monoisotopic (exact) mass is 601 g/mol.